The molecule has 0 aliphatic rings. The molecule has 4 rings (SSSR count). The molecule has 3 N–H and O–H groups in total. The molecule has 0 bridgehead atoms. The average Bonchev–Trinajstić information content (AvgIpc) is 3.02. The van der Waals surface area contributed by atoms with Gasteiger partial charge in [-0.05, 0) is 53.9 Å². The number of rotatable bonds is 5. The predicted octanol–water partition coefficient (Wildman–Crippen LogP) is 4.69. The molecule has 4 aromatic rings. The Labute approximate surface area is 162 Å². The minimum Gasteiger partial charge on any atom is -0.508 e. The van der Waals surface area contributed by atoms with Crippen molar-refractivity contribution in [3.63, 3.8) is 0 Å². The zero-order chi connectivity index (χ0) is 18.8. The number of nitrogens with zero attached hydrogens (tertiary/aromatic N) is 2. The van der Waals surface area contributed by atoms with Crippen LogP contribution in [-0.2, 0) is 13.0 Å². The summed E-state index contributed by atoms with van der Waals surface area (Å²) < 4.78 is 2.16. The molecular weight excluding hydrogens is 358 g/mol. The van der Waals surface area contributed by atoms with E-state index in [1.807, 2.05) is 48.5 Å². The summed E-state index contributed by atoms with van der Waals surface area (Å²) in [6.45, 7) is 0.652. The van der Waals surface area contributed by atoms with Crippen LogP contribution in [0.2, 0.25) is 5.02 Å². The smallest absolute Gasteiger partial charge is 0.127 e. The summed E-state index contributed by atoms with van der Waals surface area (Å²) in [5.74, 6) is 1.09. The van der Waals surface area contributed by atoms with E-state index in [9.17, 15) is 5.11 Å². The lowest BCUT2D eigenvalue weighted by Crippen LogP contribution is -2.19. The van der Waals surface area contributed by atoms with Gasteiger partial charge in [-0.25, -0.2) is 4.98 Å². The lowest BCUT2D eigenvalue weighted by Gasteiger charge is -2.15. The molecular formula is C22H20ClN3O. The number of halogens is 1. The second kappa shape index (κ2) is 7.43. The Morgan fingerprint density at radius 3 is 2.52 bits per heavy atom. The molecule has 0 radical (unpaired) electrons. The fraction of sp³-hybridized carbons (Fsp3) is 0.136. The van der Waals surface area contributed by atoms with Gasteiger partial charge in [0, 0.05) is 11.6 Å². The summed E-state index contributed by atoms with van der Waals surface area (Å²) in [5.41, 5.74) is 10.7. The molecule has 4 nitrogen and oxygen atoms in total. The summed E-state index contributed by atoms with van der Waals surface area (Å²) in [5, 5.41) is 10.2. The first-order valence-electron chi connectivity index (χ1n) is 8.83. The van der Waals surface area contributed by atoms with E-state index < -0.39 is 0 Å². The molecule has 0 saturated carbocycles. The van der Waals surface area contributed by atoms with Crippen molar-refractivity contribution in [2.75, 3.05) is 0 Å². The van der Waals surface area contributed by atoms with Crippen LogP contribution in [0.15, 0.2) is 72.8 Å². The van der Waals surface area contributed by atoms with Gasteiger partial charge in [0.1, 0.15) is 11.6 Å². The predicted molar refractivity (Wildman–Crippen MR) is 109 cm³/mol. The molecule has 3 aromatic carbocycles. The molecule has 0 fully saturated rings. The summed E-state index contributed by atoms with van der Waals surface area (Å²) in [4.78, 5) is 4.80. The van der Waals surface area contributed by atoms with Crippen LogP contribution in [0.1, 0.15) is 23.0 Å². The highest BCUT2D eigenvalue weighted by Gasteiger charge is 2.18. The third-order valence-corrected chi connectivity index (χ3v) is 4.87. The average molecular weight is 378 g/mol. The van der Waals surface area contributed by atoms with Crippen molar-refractivity contribution >= 4 is 22.6 Å². The standard InChI is InChI=1S/C22H20ClN3O/c23-17-5-3-4-16(12-17)14-26-21-7-2-1-6-20(21)25-22(26)19(24)13-15-8-10-18(27)11-9-15/h1-12,19,27H,13-14,24H2. The van der Waals surface area contributed by atoms with Gasteiger partial charge in [-0.2, -0.15) is 0 Å². The van der Waals surface area contributed by atoms with Crippen LogP contribution in [0.4, 0.5) is 0 Å². The molecule has 0 aliphatic heterocycles. The Bertz CT molecular complexity index is 1070. The summed E-state index contributed by atoms with van der Waals surface area (Å²) in [6, 6.07) is 22.8. The second-order valence-corrected chi connectivity index (χ2v) is 7.09. The quantitative estimate of drug-likeness (QED) is 0.530. The Kier molecular flexibility index (Phi) is 4.84. The maximum atomic E-state index is 9.48. The number of aromatic hydroxyl groups is 1. The van der Waals surface area contributed by atoms with Gasteiger partial charge in [0.05, 0.1) is 17.1 Å². The van der Waals surface area contributed by atoms with Crippen LogP contribution in [0.5, 0.6) is 5.75 Å². The molecule has 5 heteroatoms. The number of imidazole rings is 1. The Morgan fingerprint density at radius 2 is 1.74 bits per heavy atom. The van der Waals surface area contributed by atoms with Crippen LogP contribution in [0, 0.1) is 0 Å². The van der Waals surface area contributed by atoms with Gasteiger partial charge in [0.15, 0.2) is 0 Å². The minimum absolute atomic E-state index is 0.250. The zero-order valence-corrected chi connectivity index (χ0v) is 15.5. The van der Waals surface area contributed by atoms with Gasteiger partial charge >= 0.3 is 0 Å². The highest BCUT2D eigenvalue weighted by Crippen LogP contribution is 2.24. The number of para-hydroxylation sites is 2. The highest BCUT2D eigenvalue weighted by atomic mass is 35.5. The first kappa shape index (κ1) is 17.6. The van der Waals surface area contributed by atoms with Gasteiger partial charge in [0.25, 0.3) is 0 Å². The third kappa shape index (κ3) is 3.82. The SMILES string of the molecule is NC(Cc1ccc(O)cc1)c1nc2ccccc2n1Cc1cccc(Cl)c1. The van der Waals surface area contributed by atoms with Crippen molar-refractivity contribution in [2.24, 2.45) is 5.73 Å². The van der Waals surface area contributed by atoms with Gasteiger partial charge in [-0.1, -0.05) is 48.0 Å². The molecule has 0 amide bonds. The fourth-order valence-electron chi connectivity index (χ4n) is 3.34. The van der Waals surface area contributed by atoms with Crippen molar-refractivity contribution in [1.29, 1.82) is 0 Å². The van der Waals surface area contributed by atoms with Crippen LogP contribution >= 0.6 is 11.6 Å². The lowest BCUT2D eigenvalue weighted by molar-refractivity contribution is 0.475. The maximum absolute atomic E-state index is 9.48. The third-order valence-electron chi connectivity index (χ3n) is 4.64. The van der Waals surface area contributed by atoms with E-state index in [2.05, 4.69) is 16.7 Å². The van der Waals surface area contributed by atoms with Crippen LogP contribution < -0.4 is 5.73 Å². The number of aromatic nitrogens is 2. The molecule has 27 heavy (non-hydrogen) atoms. The Morgan fingerprint density at radius 1 is 0.963 bits per heavy atom. The van der Waals surface area contributed by atoms with E-state index in [0.717, 1.165) is 28.0 Å². The van der Waals surface area contributed by atoms with E-state index in [1.165, 1.54) is 0 Å². The van der Waals surface area contributed by atoms with Crippen LogP contribution in [0.25, 0.3) is 11.0 Å². The molecule has 0 saturated heterocycles. The van der Waals surface area contributed by atoms with Gasteiger partial charge < -0.3 is 15.4 Å². The van der Waals surface area contributed by atoms with Crippen molar-refractivity contribution < 1.29 is 5.11 Å². The Hall–Kier alpha value is -2.82. The van der Waals surface area contributed by atoms with E-state index >= 15 is 0 Å². The number of benzene rings is 3. The lowest BCUT2D eigenvalue weighted by atomic mass is 10.1. The molecule has 0 spiro atoms. The topological polar surface area (TPSA) is 64.1 Å². The molecule has 0 aliphatic carbocycles. The molecule has 1 aromatic heterocycles. The first-order chi connectivity index (χ1) is 13.1. The normalized spacial score (nSPS) is 12.4. The van der Waals surface area contributed by atoms with E-state index in [1.54, 1.807) is 12.1 Å². The second-order valence-electron chi connectivity index (χ2n) is 6.65. The van der Waals surface area contributed by atoms with Crippen molar-refractivity contribution in [2.45, 2.75) is 19.0 Å². The number of hydrogen-bond donors (Lipinski definition) is 2. The molecule has 1 atom stereocenters. The van der Waals surface area contributed by atoms with Crippen molar-refractivity contribution in [3.05, 3.63) is 94.8 Å². The highest BCUT2D eigenvalue weighted by molar-refractivity contribution is 6.30. The van der Waals surface area contributed by atoms with E-state index in [4.69, 9.17) is 22.3 Å². The number of nitrogens with two attached hydrogens (primary N) is 1. The minimum atomic E-state index is -0.263. The van der Waals surface area contributed by atoms with E-state index in [0.29, 0.717) is 18.0 Å². The van der Waals surface area contributed by atoms with Gasteiger partial charge in [-0.3, -0.25) is 0 Å². The summed E-state index contributed by atoms with van der Waals surface area (Å²) in [7, 11) is 0. The van der Waals surface area contributed by atoms with Gasteiger partial charge in [0.2, 0.25) is 0 Å². The number of hydrogen-bond acceptors (Lipinski definition) is 3. The maximum Gasteiger partial charge on any atom is 0.127 e. The van der Waals surface area contributed by atoms with Crippen molar-refractivity contribution in [1.82, 2.24) is 9.55 Å². The molecule has 1 heterocycles. The largest absolute Gasteiger partial charge is 0.508 e. The van der Waals surface area contributed by atoms with Crippen molar-refractivity contribution in [3.8, 4) is 5.75 Å². The van der Waals surface area contributed by atoms with Crippen LogP contribution in [0.3, 0.4) is 0 Å². The van der Waals surface area contributed by atoms with Gasteiger partial charge in [-0.15, -0.1) is 0 Å². The first-order valence-corrected chi connectivity index (χ1v) is 9.21. The summed E-state index contributed by atoms with van der Waals surface area (Å²) >= 11 is 6.16. The zero-order valence-electron chi connectivity index (χ0n) is 14.7. The number of phenolic OH excluding ortho intramolecular Hbond substituents is 1. The fourth-order valence-corrected chi connectivity index (χ4v) is 3.55. The summed E-state index contributed by atoms with van der Waals surface area (Å²) in [6.07, 6.45) is 0.638. The Balaban J connectivity index is 1.71. The molecule has 1 unspecified atom stereocenters. The molecule has 136 valence electrons. The number of phenols is 1. The number of fused-ring (bicyclic) bond motifs is 1. The van der Waals surface area contributed by atoms with E-state index in [-0.39, 0.29) is 11.8 Å². The van der Waals surface area contributed by atoms with Crippen LogP contribution in [-0.4, -0.2) is 14.7 Å². The monoisotopic (exact) mass is 377 g/mol.